The highest BCUT2D eigenvalue weighted by Gasteiger charge is 2.31. The van der Waals surface area contributed by atoms with E-state index in [-0.39, 0.29) is 18.3 Å². The molecule has 0 unspecified atom stereocenters. The number of benzene rings is 2. The molecular weight excluding hydrogens is 490 g/mol. The van der Waals surface area contributed by atoms with Crippen molar-refractivity contribution in [1.82, 2.24) is 9.47 Å². The topological polar surface area (TPSA) is 75.0 Å². The number of halogens is 1. The maximum absolute atomic E-state index is 13.1. The normalized spacial score (nSPS) is 15.5. The molecule has 0 spiro atoms. The minimum atomic E-state index is -0.910. The van der Waals surface area contributed by atoms with Gasteiger partial charge >= 0.3 is 5.97 Å². The fourth-order valence-electron chi connectivity index (χ4n) is 5.93. The lowest BCUT2D eigenvalue weighted by molar-refractivity contribution is -0.129. The summed E-state index contributed by atoms with van der Waals surface area (Å²) in [5.41, 5.74) is 6.00. The Morgan fingerprint density at radius 2 is 1.84 bits per heavy atom. The van der Waals surface area contributed by atoms with E-state index in [2.05, 4.69) is 27.7 Å². The fraction of sp³-hybridized carbons (Fsp3) is 0.448. The van der Waals surface area contributed by atoms with Crippen LogP contribution in [-0.4, -0.2) is 66.8 Å². The second-order valence-electron chi connectivity index (χ2n) is 10.0. The summed E-state index contributed by atoms with van der Waals surface area (Å²) in [5, 5.41) is 10.9. The van der Waals surface area contributed by atoms with Gasteiger partial charge in [-0.2, -0.15) is 0 Å². The highest BCUT2D eigenvalue weighted by atomic mass is 35.5. The van der Waals surface area contributed by atoms with Gasteiger partial charge in [-0.15, -0.1) is 12.4 Å². The number of carbonyl (C=O) groups excluding carboxylic acids is 1. The van der Waals surface area contributed by atoms with Gasteiger partial charge in [-0.05, 0) is 42.5 Å². The molecule has 0 radical (unpaired) electrons. The zero-order chi connectivity index (χ0) is 25.2. The largest absolute Gasteiger partial charge is 0.478 e. The van der Waals surface area contributed by atoms with Crippen molar-refractivity contribution in [2.75, 3.05) is 45.3 Å². The number of fused-ring (bicyclic) bond motifs is 5. The molecule has 37 heavy (non-hydrogen) atoms. The number of likely N-dealkylation sites (N-methyl/N-ethyl adjacent to an activating group) is 1. The van der Waals surface area contributed by atoms with E-state index in [4.69, 9.17) is 4.74 Å². The molecule has 2 aromatic carbocycles. The Labute approximate surface area is 224 Å². The van der Waals surface area contributed by atoms with Crippen molar-refractivity contribution in [3.05, 3.63) is 53.6 Å². The number of carbonyl (C=O) groups is 2. The number of para-hydroxylation sites is 1. The van der Waals surface area contributed by atoms with Gasteiger partial charge in [0.2, 0.25) is 5.91 Å². The number of carboxylic acids is 1. The molecule has 1 aromatic heterocycles. The number of anilines is 1. The Hall–Kier alpha value is -3.03. The van der Waals surface area contributed by atoms with Gasteiger partial charge in [-0.1, -0.05) is 43.5 Å². The van der Waals surface area contributed by atoms with Crippen LogP contribution in [0.1, 0.15) is 53.9 Å². The van der Waals surface area contributed by atoms with Gasteiger partial charge in [0, 0.05) is 55.9 Å². The zero-order valence-electron chi connectivity index (χ0n) is 21.6. The van der Waals surface area contributed by atoms with Crippen LogP contribution in [0.2, 0.25) is 0 Å². The lowest BCUT2D eigenvalue weighted by Gasteiger charge is -2.27. The second kappa shape index (κ2) is 11.6. The fourth-order valence-corrected chi connectivity index (χ4v) is 5.93. The number of aromatic nitrogens is 1. The molecule has 7 nitrogen and oxygen atoms in total. The van der Waals surface area contributed by atoms with Crippen LogP contribution < -0.4 is 4.90 Å². The number of ether oxygens (including phenoxy) is 1. The molecule has 1 aliphatic heterocycles. The van der Waals surface area contributed by atoms with Gasteiger partial charge in [0.1, 0.15) is 0 Å². The summed E-state index contributed by atoms with van der Waals surface area (Å²) in [6.07, 6.45) is 6.03. The van der Waals surface area contributed by atoms with Crippen LogP contribution >= 0.6 is 12.4 Å². The summed E-state index contributed by atoms with van der Waals surface area (Å²) in [7, 11) is 3.46. The lowest BCUT2D eigenvalue weighted by atomic mass is 9.81. The van der Waals surface area contributed by atoms with Gasteiger partial charge in [-0.25, -0.2) is 4.79 Å². The Kier molecular flexibility index (Phi) is 8.45. The van der Waals surface area contributed by atoms with Crippen LogP contribution in [0.25, 0.3) is 22.2 Å². The van der Waals surface area contributed by atoms with E-state index in [1.165, 1.54) is 35.9 Å². The smallest absolute Gasteiger partial charge is 0.335 e. The SMILES string of the molecule is COCCN(C)C(=O)CN1CCn2c(c(C3CCCCC3)c3ccc(C(=O)O)cc32)-c2ccccc21.Cl. The van der Waals surface area contributed by atoms with Crippen molar-refractivity contribution in [2.24, 2.45) is 0 Å². The van der Waals surface area contributed by atoms with E-state index >= 15 is 0 Å². The third-order valence-corrected chi connectivity index (χ3v) is 7.84. The van der Waals surface area contributed by atoms with Crippen LogP contribution in [-0.2, 0) is 16.1 Å². The van der Waals surface area contributed by atoms with E-state index in [0.717, 1.165) is 29.6 Å². The van der Waals surface area contributed by atoms with Crippen LogP contribution in [0.5, 0.6) is 0 Å². The molecule has 5 rings (SSSR count). The van der Waals surface area contributed by atoms with E-state index in [9.17, 15) is 14.7 Å². The first-order chi connectivity index (χ1) is 17.5. The first kappa shape index (κ1) is 27.0. The molecule has 2 heterocycles. The molecule has 1 aliphatic carbocycles. The molecule has 1 amide bonds. The number of hydrogen-bond acceptors (Lipinski definition) is 4. The van der Waals surface area contributed by atoms with Gasteiger partial charge in [0.05, 0.1) is 24.4 Å². The zero-order valence-corrected chi connectivity index (χ0v) is 22.4. The first-order valence-corrected chi connectivity index (χ1v) is 13.0. The Morgan fingerprint density at radius 1 is 1.08 bits per heavy atom. The molecule has 0 bridgehead atoms. The third-order valence-electron chi connectivity index (χ3n) is 7.84. The van der Waals surface area contributed by atoms with Gasteiger partial charge < -0.3 is 24.2 Å². The number of nitrogens with zero attached hydrogens (tertiary/aromatic N) is 3. The minimum Gasteiger partial charge on any atom is -0.478 e. The highest BCUT2D eigenvalue weighted by Crippen LogP contribution is 2.47. The van der Waals surface area contributed by atoms with Gasteiger partial charge in [0.25, 0.3) is 0 Å². The Balaban J connectivity index is 0.00000320. The van der Waals surface area contributed by atoms with Crippen LogP contribution in [0.15, 0.2) is 42.5 Å². The average molecular weight is 526 g/mol. The van der Waals surface area contributed by atoms with Crippen molar-refractivity contribution < 1.29 is 19.4 Å². The van der Waals surface area contributed by atoms with E-state index < -0.39 is 5.97 Å². The van der Waals surface area contributed by atoms with E-state index in [1.807, 2.05) is 25.2 Å². The summed E-state index contributed by atoms with van der Waals surface area (Å²) >= 11 is 0. The molecule has 2 aliphatic rings. The second-order valence-corrected chi connectivity index (χ2v) is 10.0. The number of rotatable bonds is 7. The molecule has 0 atom stereocenters. The molecule has 1 N–H and O–H groups in total. The number of carboxylic acid groups (broad SMARTS) is 1. The molecule has 1 saturated carbocycles. The molecule has 198 valence electrons. The van der Waals surface area contributed by atoms with Gasteiger partial charge in [-0.3, -0.25) is 4.79 Å². The number of hydrogen-bond donors (Lipinski definition) is 1. The van der Waals surface area contributed by atoms with Crippen LogP contribution in [0.3, 0.4) is 0 Å². The molecule has 3 aromatic rings. The van der Waals surface area contributed by atoms with Crippen molar-refractivity contribution in [3.8, 4) is 11.3 Å². The quantitative estimate of drug-likeness (QED) is 0.447. The number of methoxy groups -OCH3 is 1. The van der Waals surface area contributed by atoms with Crippen molar-refractivity contribution >= 4 is 40.9 Å². The third kappa shape index (κ3) is 5.20. The molecule has 0 saturated heterocycles. The van der Waals surface area contributed by atoms with Gasteiger partial charge in [0.15, 0.2) is 0 Å². The van der Waals surface area contributed by atoms with Crippen molar-refractivity contribution in [3.63, 3.8) is 0 Å². The summed E-state index contributed by atoms with van der Waals surface area (Å²) in [6.45, 7) is 2.70. The summed E-state index contributed by atoms with van der Waals surface area (Å²) < 4.78 is 7.46. The molecular formula is C29H36ClN3O4. The Morgan fingerprint density at radius 3 is 2.57 bits per heavy atom. The average Bonchev–Trinajstić information content (AvgIpc) is 3.14. The summed E-state index contributed by atoms with van der Waals surface area (Å²) in [4.78, 5) is 28.8. The Bertz CT molecular complexity index is 1280. The minimum absolute atomic E-state index is 0. The van der Waals surface area contributed by atoms with Crippen molar-refractivity contribution in [2.45, 2.75) is 44.6 Å². The van der Waals surface area contributed by atoms with Crippen LogP contribution in [0.4, 0.5) is 5.69 Å². The predicted octanol–water partition coefficient (Wildman–Crippen LogP) is 5.40. The number of aromatic carboxylic acids is 1. The summed E-state index contributed by atoms with van der Waals surface area (Å²) in [6, 6.07) is 13.9. The van der Waals surface area contributed by atoms with Crippen molar-refractivity contribution in [1.29, 1.82) is 0 Å². The molecule has 8 heteroatoms. The number of amides is 1. The predicted molar refractivity (Wildman–Crippen MR) is 149 cm³/mol. The maximum atomic E-state index is 13.1. The van der Waals surface area contributed by atoms with E-state index in [0.29, 0.717) is 44.3 Å². The van der Waals surface area contributed by atoms with Crippen LogP contribution in [0, 0.1) is 0 Å². The monoisotopic (exact) mass is 525 g/mol. The lowest BCUT2D eigenvalue weighted by Crippen LogP contribution is -2.40. The van der Waals surface area contributed by atoms with E-state index in [1.54, 1.807) is 18.1 Å². The maximum Gasteiger partial charge on any atom is 0.335 e. The molecule has 1 fully saturated rings. The standard InChI is InChI=1S/C29H35N3O4.ClH/c1-30(16-17-36-2)26(33)19-31-14-15-32-25-18-21(29(34)35)12-13-22(25)27(20-8-4-3-5-9-20)28(32)23-10-6-7-11-24(23)31;/h6-7,10-13,18,20H,3-5,8-9,14-17,19H2,1-2H3,(H,34,35);1H. The summed E-state index contributed by atoms with van der Waals surface area (Å²) in [5.74, 6) is -0.402. The first-order valence-electron chi connectivity index (χ1n) is 13.0. The highest BCUT2D eigenvalue weighted by molar-refractivity contribution is 6.00.